The van der Waals surface area contributed by atoms with E-state index in [2.05, 4.69) is 10.2 Å². The third kappa shape index (κ3) is 8.78. The number of carbonyl (C=O) groups excluding carboxylic acids is 4. The number of Topliss-reactive ketones (excluding diaryl/α,β-unsaturated/α-hetero) is 1. The molecule has 0 unspecified atom stereocenters. The van der Waals surface area contributed by atoms with Gasteiger partial charge in [0.25, 0.3) is 0 Å². The molecule has 12 nitrogen and oxygen atoms in total. The average Bonchev–Trinajstić information content (AvgIpc) is 3.50. The highest BCUT2D eigenvalue weighted by molar-refractivity contribution is 6.20. The predicted molar refractivity (Wildman–Crippen MR) is 185 cm³/mol. The van der Waals surface area contributed by atoms with Crippen LogP contribution in [-0.2, 0) is 39.9 Å². The Kier molecular flexibility index (Phi) is 12.0. The van der Waals surface area contributed by atoms with Crippen LogP contribution in [0.25, 0.3) is 28.9 Å². The molecule has 0 bridgehead atoms. The summed E-state index contributed by atoms with van der Waals surface area (Å²) >= 11 is 0. The number of rotatable bonds is 14. The second-order valence-electron chi connectivity index (χ2n) is 11.0. The molecule has 12 heteroatoms. The van der Waals surface area contributed by atoms with Crippen LogP contribution in [-0.4, -0.2) is 70.2 Å². The summed E-state index contributed by atoms with van der Waals surface area (Å²) in [7, 11) is 0. The maximum Gasteiger partial charge on any atom is 0.345 e. The van der Waals surface area contributed by atoms with Gasteiger partial charge in [-0.25, -0.2) is 14.4 Å². The Labute approximate surface area is 284 Å². The van der Waals surface area contributed by atoms with E-state index >= 15 is 0 Å². The second-order valence-corrected chi connectivity index (χ2v) is 11.0. The number of nitrogens with zero attached hydrogens (tertiary/aromatic N) is 4. The van der Waals surface area contributed by atoms with Gasteiger partial charge in [0.15, 0.2) is 5.78 Å². The maximum atomic E-state index is 12.8. The van der Waals surface area contributed by atoms with Crippen molar-refractivity contribution in [1.82, 2.24) is 15.0 Å². The number of phenols is 1. The molecule has 0 aliphatic carbocycles. The van der Waals surface area contributed by atoms with Crippen LogP contribution in [0.15, 0.2) is 65.7 Å². The summed E-state index contributed by atoms with van der Waals surface area (Å²) in [4.78, 5) is 54.1. The second kappa shape index (κ2) is 16.4. The van der Waals surface area contributed by atoms with Crippen LogP contribution in [0.1, 0.15) is 56.9 Å². The van der Waals surface area contributed by atoms with Crippen molar-refractivity contribution in [3.8, 4) is 11.4 Å². The fraction of sp³-hybridized carbons (Fsp3) is 0.297. The van der Waals surface area contributed by atoms with Gasteiger partial charge in [0.05, 0.1) is 19.8 Å². The minimum Gasteiger partial charge on any atom is -0.505 e. The number of esters is 3. The number of fused-ring (bicyclic) bond motifs is 1. The van der Waals surface area contributed by atoms with Gasteiger partial charge in [0.2, 0.25) is 0 Å². The molecule has 0 aliphatic rings. The van der Waals surface area contributed by atoms with Crippen molar-refractivity contribution < 1.29 is 38.5 Å². The van der Waals surface area contributed by atoms with Crippen LogP contribution in [0, 0.1) is 6.92 Å². The van der Waals surface area contributed by atoms with Crippen molar-refractivity contribution >= 4 is 52.6 Å². The fourth-order valence-electron chi connectivity index (χ4n) is 5.14. The summed E-state index contributed by atoms with van der Waals surface area (Å²) in [6.07, 6.45) is 2.75. The number of anilines is 1. The highest BCUT2D eigenvalue weighted by Gasteiger charge is 2.23. The monoisotopic (exact) mass is 668 g/mol. The first-order valence-corrected chi connectivity index (χ1v) is 16.0. The molecule has 3 aromatic carbocycles. The number of benzene rings is 3. The van der Waals surface area contributed by atoms with Gasteiger partial charge in [-0.3, -0.25) is 4.79 Å². The van der Waals surface area contributed by atoms with E-state index in [0.717, 1.165) is 5.56 Å². The van der Waals surface area contributed by atoms with E-state index in [1.165, 1.54) is 23.9 Å². The smallest absolute Gasteiger partial charge is 0.345 e. The number of hydrogen-bond acceptors (Lipinski definition) is 11. The summed E-state index contributed by atoms with van der Waals surface area (Å²) < 4.78 is 15.3. The number of aromatic hydroxyl groups is 1. The fourth-order valence-corrected chi connectivity index (χ4v) is 5.14. The van der Waals surface area contributed by atoms with E-state index in [-0.39, 0.29) is 43.3 Å². The summed E-state index contributed by atoms with van der Waals surface area (Å²) in [6.45, 7) is 10.8. The molecule has 4 rings (SSSR count). The average molecular weight is 669 g/mol. The number of ether oxygens (including phenoxy) is 3. The number of ketones is 1. The summed E-state index contributed by atoms with van der Waals surface area (Å²) in [5.41, 5.74) is 4.17. The van der Waals surface area contributed by atoms with E-state index in [0.29, 0.717) is 45.6 Å². The van der Waals surface area contributed by atoms with Gasteiger partial charge < -0.3 is 24.2 Å². The Balaban J connectivity index is 1.86. The third-order valence-electron chi connectivity index (χ3n) is 7.37. The number of carbonyl (C=O) groups is 4. The predicted octanol–water partition coefficient (Wildman–Crippen LogP) is 5.51. The Morgan fingerprint density at radius 2 is 1.29 bits per heavy atom. The van der Waals surface area contributed by atoms with Gasteiger partial charge in [0, 0.05) is 24.3 Å². The highest BCUT2D eigenvalue weighted by Crippen LogP contribution is 2.32. The molecule has 256 valence electrons. The summed E-state index contributed by atoms with van der Waals surface area (Å²) in [5, 5.41) is 20.6. The quantitative estimate of drug-likeness (QED) is 0.0596. The van der Waals surface area contributed by atoms with Gasteiger partial charge in [-0.1, -0.05) is 18.2 Å². The number of hydrogen-bond donors (Lipinski definition) is 1. The van der Waals surface area contributed by atoms with Crippen LogP contribution in [0.4, 0.5) is 5.69 Å². The van der Waals surface area contributed by atoms with E-state index in [1.807, 2.05) is 49.1 Å². The largest absolute Gasteiger partial charge is 0.505 e. The lowest BCUT2D eigenvalue weighted by Crippen LogP contribution is -2.23. The first-order valence-electron chi connectivity index (χ1n) is 16.0. The van der Waals surface area contributed by atoms with E-state index in [4.69, 9.17) is 14.2 Å². The lowest BCUT2D eigenvalue weighted by Gasteiger charge is -2.25. The Morgan fingerprint density at radius 3 is 1.78 bits per heavy atom. The van der Waals surface area contributed by atoms with Crippen molar-refractivity contribution in [3.63, 3.8) is 0 Å². The van der Waals surface area contributed by atoms with Gasteiger partial charge in [0.1, 0.15) is 33.6 Å². The number of aryl methyl sites for hydroxylation is 1. The zero-order chi connectivity index (χ0) is 35.7. The SMILES string of the molecule is CCOC(=O)C(=Cc1cc(/C=C(/C(C)=O)C(=O)OCC)cc(N(CC)Cc2cc(C)cc(-n3nc4ccccc4n3)c2O)c1)C(=O)OCC. The third-order valence-corrected chi connectivity index (χ3v) is 7.37. The minimum atomic E-state index is -0.858. The molecule has 4 aromatic rings. The molecule has 0 atom stereocenters. The molecular formula is C37H40N4O8. The van der Waals surface area contributed by atoms with E-state index in [1.54, 1.807) is 45.0 Å². The molecule has 0 radical (unpaired) electrons. The van der Waals surface area contributed by atoms with Gasteiger partial charge in [-0.05, 0) is 107 Å². The van der Waals surface area contributed by atoms with Gasteiger partial charge in [-0.2, -0.15) is 0 Å². The van der Waals surface area contributed by atoms with Crippen LogP contribution in [0.3, 0.4) is 0 Å². The normalized spacial score (nSPS) is 11.2. The van der Waals surface area contributed by atoms with Crippen molar-refractivity contribution in [3.05, 3.63) is 88.0 Å². The maximum absolute atomic E-state index is 12.8. The number of aromatic nitrogens is 3. The summed E-state index contributed by atoms with van der Waals surface area (Å²) in [5.74, 6) is -2.99. The molecule has 1 heterocycles. The molecule has 0 aliphatic heterocycles. The van der Waals surface area contributed by atoms with Crippen LogP contribution < -0.4 is 4.90 Å². The Hall–Kier alpha value is -5.78. The van der Waals surface area contributed by atoms with Crippen LogP contribution in [0.5, 0.6) is 5.75 Å². The standard InChI is InChI=1S/C37H40N4O8/c1-7-40(22-27-15-23(5)16-33(34(27)43)41-38-31-13-11-12-14-32(31)39-41)28-18-25(20-29(24(6)42)35(44)47-8-2)17-26(19-28)21-30(36(45)48-9-3)37(46)49-10-4/h11-21,43H,7-10,22H2,1-6H3/b29-20-. The lowest BCUT2D eigenvalue weighted by molar-refractivity contribution is -0.146. The van der Waals surface area contributed by atoms with Crippen molar-refractivity contribution in [2.75, 3.05) is 31.3 Å². The van der Waals surface area contributed by atoms with Gasteiger partial charge in [-0.15, -0.1) is 15.0 Å². The minimum absolute atomic E-state index is 0.00592. The highest BCUT2D eigenvalue weighted by atomic mass is 16.6. The Morgan fingerprint density at radius 1 is 0.776 bits per heavy atom. The van der Waals surface area contributed by atoms with Crippen LogP contribution >= 0.6 is 0 Å². The molecule has 0 saturated carbocycles. The molecule has 1 aromatic heterocycles. The molecule has 0 spiro atoms. The molecule has 0 fully saturated rings. The first kappa shape index (κ1) is 36.1. The molecule has 0 saturated heterocycles. The first-order chi connectivity index (χ1) is 23.5. The van der Waals surface area contributed by atoms with Gasteiger partial charge >= 0.3 is 17.9 Å². The zero-order valence-corrected chi connectivity index (χ0v) is 28.5. The zero-order valence-electron chi connectivity index (χ0n) is 28.5. The topological polar surface area (TPSA) is 150 Å². The number of phenolic OH excluding ortho intramolecular Hbond substituents is 1. The van der Waals surface area contributed by atoms with Crippen molar-refractivity contribution in [2.24, 2.45) is 0 Å². The van der Waals surface area contributed by atoms with E-state index < -0.39 is 23.7 Å². The molecule has 1 N–H and O–H groups in total. The summed E-state index contributed by atoms with van der Waals surface area (Å²) in [6, 6.07) is 16.2. The van der Waals surface area contributed by atoms with E-state index in [9.17, 15) is 24.3 Å². The molecule has 49 heavy (non-hydrogen) atoms. The van der Waals surface area contributed by atoms with Crippen molar-refractivity contribution in [1.29, 1.82) is 0 Å². The van der Waals surface area contributed by atoms with Crippen molar-refractivity contribution in [2.45, 2.75) is 48.1 Å². The molecule has 0 amide bonds. The molecular weight excluding hydrogens is 628 g/mol. The Bertz CT molecular complexity index is 1890. The van der Waals surface area contributed by atoms with Crippen LogP contribution in [0.2, 0.25) is 0 Å². The lowest BCUT2D eigenvalue weighted by atomic mass is 10.0.